The number of thioether (sulfide) groups is 1. The number of amides is 1. The SMILES string of the molecule is COc1ccc(OC)c(NC(=O)CCSc2nc(N)c(C#N)c(-c3ccc(C(C)C)cc3)c2C#N)c1. The van der Waals surface area contributed by atoms with Crippen molar-refractivity contribution in [3.8, 4) is 34.8 Å². The average molecular weight is 502 g/mol. The van der Waals surface area contributed by atoms with Gasteiger partial charge in [0.2, 0.25) is 5.91 Å². The van der Waals surface area contributed by atoms with E-state index in [-0.39, 0.29) is 29.3 Å². The molecule has 0 radical (unpaired) electrons. The van der Waals surface area contributed by atoms with E-state index < -0.39 is 0 Å². The van der Waals surface area contributed by atoms with Crippen molar-refractivity contribution < 1.29 is 14.3 Å². The zero-order chi connectivity index (χ0) is 26.2. The lowest BCUT2D eigenvalue weighted by Gasteiger charge is -2.14. The van der Waals surface area contributed by atoms with Gasteiger partial charge in [0.25, 0.3) is 0 Å². The summed E-state index contributed by atoms with van der Waals surface area (Å²) in [6.45, 7) is 4.19. The molecule has 0 atom stereocenters. The number of carbonyl (C=O) groups excluding carboxylic acids is 1. The Morgan fingerprint density at radius 2 is 1.78 bits per heavy atom. The average Bonchev–Trinajstić information content (AvgIpc) is 2.88. The lowest BCUT2D eigenvalue weighted by molar-refractivity contribution is -0.115. The number of aromatic nitrogens is 1. The van der Waals surface area contributed by atoms with E-state index in [0.717, 1.165) is 5.56 Å². The molecule has 9 heteroatoms. The van der Waals surface area contributed by atoms with Crippen LogP contribution in [0.4, 0.5) is 11.5 Å². The third-order valence-electron chi connectivity index (χ3n) is 5.53. The second kappa shape index (κ2) is 12.0. The quantitative estimate of drug-likeness (QED) is 0.375. The second-order valence-corrected chi connectivity index (χ2v) is 9.22. The highest BCUT2D eigenvalue weighted by Gasteiger charge is 2.21. The number of nitrogens with two attached hydrogens (primary N) is 1. The number of benzene rings is 2. The van der Waals surface area contributed by atoms with Crippen molar-refractivity contribution >= 4 is 29.2 Å². The smallest absolute Gasteiger partial charge is 0.225 e. The Labute approximate surface area is 215 Å². The van der Waals surface area contributed by atoms with Crippen LogP contribution < -0.4 is 20.5 Å². The summed E-state index contributed by atoms with van der Waals surface area (Å²) in [5.74, 6) is 1.60. The monoisotopic (exact) mass is 501 g/mol. The van der Waals surface area contributed by atoms with E-state index in [1.54, 1.807) is 25.3 Å². The second-order valence-electron chi connectivity index (χ2n) is 8.14. The van der Waals surface area contributed by atoms with E-state index in [1.807, 2.05) is 24.3 Å². The number of nitriles is 2. The van der Waals surface area contributed by atoms with Crippen molar-refractivity contribution in [2.45, 2.75) is 31.2 Å². The molecule has 0 fully saturated rings. The van der Waals surface area contributed by atoms with Gasteiger partial charge >= 0.3 is 0 Å². The van der Waals surface area contributed by atoms with E-state index in [2.05, 4.69) is 36.3 Å². The molecule has 0 saturated carbocycles. The van der Waals surface area contributed by atoms with E-state index in [4.69, 9.17) is 15.2 Å². The van der Waals surface area contributed by atoms with Crippen LogP contribution >= 0.6 is 11.8 Å². The molecule has 0 unspecified atom stereocenters. The Morgan fingerprint density at radius 1 is 1.08 bits per heavy atom. The highest BCUT2D eigenvalue weighted by atomic mass is 32.2. The minimum atomic E-state index is -0.237. The maximum Gasteiger partial charge on any atom is 0.225 e. The van der Waals surface area contributed by atoms with Gasteiger partial charge in [0.15, 0.2) is 0 Å². The van der Waals surface area contributed by atoms with Crippen molar-refractivity contribution in [2.75, 3.05) is 31.0 Å². The standard InChI is InChI=1S/C27H27N5O3S/c1-16(2)17-5-7-18(8-6-17)25-20(14-28)26(30)32-27(21(25)15-29)36-12-11-24(33)31-22-13-19(34-3)9-10-23(22)35-4/h5-10,13,16H,11-12H2,1-4H3,(H2,30,32)(H,31,33). The normalized spacial score (nSPS) is 10.4. The largest absolute Gasteiger partial charge is 0.497 e. The number of nitrogens with zero attached hydrogens (tertiary/aromatic N) is 3. The Morgan fingerprint density at radius 3 is 2.36 bits per heavy atom. The van der Waals surface area contributed by atoms with E-state index in [0.29, 0.717) is 45.0 Å². The number of rotatable bonds is 9. The summed E-state index contributed by atoms with van der Waals surface area (Å²) < 4.78 is 10.5. The lowest BCUT2D eigenvalue weighted by atomic mass is 9.94. The third-order valence-corrected chi connectivity index (χ3v) is 6.51. The number of nitrogen functional groups attached to an aromatic ring is 1. The van der Waals surface area contributed by atoms with Crippen LogP contribution in [0.1, 0.15) is 42.9 Å². The van der Waals surface area contributed by atoms with Crippen molar-refractivity contribution in [1.29, 1.82) is 10.5 Å². The van der Waals surface area contributed by atoms with Crippen LogP contribution in [0.25, 0.3) is 11.1 Å². The molecule has 8 nitrogen and oxygen atoms in total. The fraction of sp³-hybridized carbons (Fsp3) is 0.259. The number of pyridine rings is 1. The van der Waals surface area contributed by atoms with Crippen LogP contribution in [0, 0.1) is 22.7 Å². The number of methoxy groups -OCH3 is 2. The van der Waals surface area contributed by atoms with Gasteiger partial charge in [-0.15, -0.1) is 11.8 Å². The minimum absolute atomic E-state index is 0.0486. The molecule has 36 heavy (non-hydrogen) atoms. The molecule has 0 bridgehead atoms. The van der Waals surface area contributed by atoms with Crippen LogP contribution in [0.15, 0.2) is 47.5 Å². The third kappa shape index (κ3) is 5.88. The van der Waals surface area contributed by atoms with Crippen LogP contribution in [-0.2, 0) is 4.79 Å². The van der Waals surface area contributed by atoms with E-state index >= 15 is 0 Å². The van der Waals surface area contributed by atoms with Crippen molar-refractivity contribution in [1.82, 2.24) is 4.98 Å². The first-order valence-electron chi connectivity index (χ1n) is 11.2. The van der Waals surface area contributed by atoms with Crippen LogP contribution in [-0.4, -0.2) is 30.9 Å². The summed E-state index contributed by atoms with van der Waals surface area (Å²) in [6, 6.07) is 17.1. The number of hydrogen-bond donors (Lipinski definition) is 2. The van der Waals surface area contributed by atoms with Crippen molar-refractivity contribution in [3.05, 3.63) is 59.2 Å². The predicted octanol–water partition coefficient (Wildman–Crippen LogP) is 5.34. The molecule has 1 heterocycles. The van der Waals surface area contributed by atoms with Crippen LogP contribution in [0.5, 0.6) is 11.5 Å². The topological polar surface area (TPSA) is 134 Å². The number of hydrogen-bond acceptors (Lipinski definition) is 8. The molecule has 3 rings (SSSR count). The van der Waals surface area contributed by atoms with Gasteiger partial charge in [0.05, 0.1) is 25.5 Å². The van der Waals surface area contributed by atoms with Crippen LogP contribution in [0.3, 0.4) is 0 Å². The maximum absolute atomic E-state index is 12.6. The van der Waals surface area contributed by atoms with E-state index in [1.165, 1.54) is 18.9 Å². The molecule has 3 N–H and O–H groups in total. The zero-order valence-corrected chi connectivity index (χ0v) is 21.4. The summed E-state index contributed by atoms with van der Waals surface area (Å²) in [5.41, 5.74) is 9.34. The van der Waals surface area contributed by atoms with Crippen molar-refractivity contribution in [2.24, 2.45) is 0 Å². The zero-order valence-electron chi connectivity index (χ0n) is 20.6. The summed E-state index contributed by atoms with van der Waals surface area (Å²) in [5, 5.41) is 22.9. The fourth-order valence-corrected chi connectivity index (χ4v) is 4.53. The molecule has 0 aliphatic rings. The van der Waals surface area contributed by atoms with Crippen molar-refractivity contribution in [3.63, 3.8) is 0 Å². The molecule has 0 spiro atoms. The summed E-state index contributed by atoms with van der Waals surface area (Å²) >= 11 is 1.24. The number of carbonyl (C=O) groups is 1. The molecule has 2 aromatic carbocycles. The molecule has 1 amide bonds. The molecule has 1 aromatic heterocycles. The molecule has 3 aromatic rings. The van der Waals surface area contributed by atoms with Gasteiger partial charge in [-0.05, 0) is 29.2 Å². The van der Waals surface area contributed by atoms with Gasteiger partial charge < -0.3 is 20.5 Å². The summed E-state index contributed by atoms with van der Waals surface area (Å²) in [6.07, 6.45) is 0.149. The van der Waals surface area contributed by atoms with E-state index in [9.17, 15) is 15.3 Å². The highest BCUT2D eigenvalue weighted by molar-refractivity contribution is 7.99. The molecule has 0 aliphatic carbocycles. The van der Waals surface area contributed by atoms with Gasteiger partial charge in [-0.25, -0.2) is 4.98 Å². The highest BCUT2D eigenvalue weighted by Crippen LogP contribution is 2.36. The van der Waals surface area contributed by atoms with Gasteiger partial charge in [-0.3, -0.25) is 4.79 Å². The molecular weight excluding hydrogens is 474 g/mol. The number of anilines is 2. The first-order valence-corrected chi connectivity index (χ1v) is 12.2. The predicted molar refractivity (Wildman–Crippen MR) is 141 cm³/mol. The molecule has 0 aliphatic heterocycles. The molecule has 184 valence electrons. The summed E-state index contributed by atoms with van der Waals surface area (Å²) in [4.78, 5) is 16.9. The molecule has 0 saturated heterocycles. The maximum atomic E-state index is 12.6. The summed E-state index contributed by atoms with van der Waals surface area (Å²) in [7, 11) is 3.06. The first-order chi connectivity index (χ1) is 17.3. The number of nitrogens with one attached hydrogen (secondary N) is 1. The number of ether oxygens (including phenoxy) is 2. The van der Waals surface area contributed by atoms with Gasteiger partial charge in [-0.1, -0.05) is 38.1 Å². The van der Waals surface area contributed by atoms with Gasteiger partial charge in [0.1, 0.15) is 40.0 Å². The Balaban J connectivity index is 1.82. The molecular formula is C27H27N5O3S. The Kier molecular flexibility index (Phi) is 8.77. The van der Waals surface area contributed by atoms with Crippen LogP contribution in [0.2, 0.25) is 0 Å². The fourth-order valence-electron chi connectivity index (χ4n) is 3.59. The minimum Gasteiger partial charge on any atom is -0.497 e. The van der Waals surface area contributed by atoms with Gasteiger partial charge in [-0.2, -0.15) is 10.5 Å². The van der Waals surface area contributed by atoms with Gasteiger partial charge in [0, 0.05) is 23.8 Å². The lowest BCUT2D eigenvalue weighted by Crippen LogP contribution is -2.13. The Bertz CT molecular complexity index is 1340. The first kappa shape index (κ1) is 26.4. The Hall–Kier alpha value is -4.21.